The van der Waals surface area contributed by atoms with Crippen LogP contribution >= 0.6 is 12.6 Å². The Labute approximate surface area is 101 Å². The van der Waals surface area contributed by atoms with Crippen LogP contribution in [0, 0.1) is 0 Å². The Hall–Kier alpha value is -1.54. The van der Waals surface area contributed by atoms with Crippen LogP contribution in [-0.2, 0) is 0 Å². The molecule has 1 nitrogen and oxygen atoms in total. The van der Waals surface area contributed by atoms with E-state index in [0.29, 0.717) is 0 Å². The van der Waals surface area contributed by atoms with Gasteiger partial charge in [-0.05, 0) is 30.2 Å². The van der Waals surface area contributed by atoms with Crippen molar-refractivity contribution in [2.75, 3.05) is 0 Å². The van der Waals surface area contributed by atoms with Crippen molar-refractivity contribution in [3.8, 4) is 11.1 Å². The topological polar surface area (TPSA) is 17.1 Å². The van der Waals surface area contributed by atoms with Gasteiger partial charge in [0.05, 0.1) is 0 Å². The molecule has 2 heteroatoms. The standard InChI is InChI=1S/C14H12OS/c1-10(15)12-7-8-14(16)13(9-12)11-5-3-2-4-6-11/h2-9,16H,1H3. The first kappa shape index (κ1) is 11.0. The van der Waals surface area contributed by atoms with Crippen molar-refractivity contribution in [3.63, 3.8) is 0 Å². The average molecular weight is 228 g/mol. The second-order valence-electron chi connectivity index (χ2n) is 3.65. The Morgan fingerprint density at radius 1 is 1.06 bits per heavy atom. The van der Waals surface area contributed by atoms with Crippen molar-refractivity contribution in [2.24, 2.45) is 0 Å². The van der Waals surface area contributed by atoms with Gasteiger partial charge >= 0.3 is 0 Å². The fourth-order valence-electron chi connectivity index (χ4n) is 1.60. The van der Waals surface area contributed by atoms with Gasteiger partial charge in [-0.3, -0.25) is 4.79 Å². The molecule has 0 unspecified atom stereocenters. The largest absolute Gasteiger partial charge is 0.295 e. The molecule has 0 aliphatic carbocycles. The van der Waals surface area contributed by atoms with Crippen LogP contribution in [0.15, 0.2) is 53.4 Å². The summed E-state index contributed by atoms with van der Waals surface area (Å²) in [6, 6.07) is 15.5. The first-order valence-electron chi connectivity index (χ1n) is 5.08. The predicted molar refractivity (Wildman–Crippen MR) is 69.1 cm³/mol. The average Bonchev–Trinajstić information content (AvgIpc) is 2.30. The molecule has 0 fully saturated rings. The number of Topliss-reactive ketones (excluding diaryl/α,β-unsaturated/α-hetero) is 1. The summed E-state index contributed by atoms with van der Waals surface area (Å²) in [5, 5.41) is 0. The zero-order valence-corrected chi connectivity index (χ0v) is 9.87. The fraction of sp³-hybridized carbons (Fsp3) is 0.0714. The molecule has 0 N–H and O–H groups in total. The number of benzene rings is 2. The van der Waals surface area contributed by atoms with E-state index in [1.54, 1.807) is 13.0 Å². The summed E-state index contributed by atoms with van der Waals surface area (Å²) in [5.41, 5.74) is 2.80. The van der Waals surface area contributed by atoms with Crippen LogP contribution in [-0.4, -0.2) is 5.78 Å². The minimum absolute atomic E-state index is 0.0746. The molecule has 0 aliphatic rings. The van der Waals surface area contributed by atoms with Gasteiger partial charge < -0.3 is 0 Å². The maximum Gasteiger partial charge on any atom is 0.159 e. The molecule has 16 heavy (non-hydrogen) atoms. The van der Waals surface area contributed by atoms with Gasteiger partial charge in [0.15, 0.2) is 5.78 Å². The van der Waals surface area contributed by atoms with E-state index in [1.165, 1.54) is 0 Å². The molecule has 80 valence electrons. The quantitative estimate of drug-likeness (QED) is 0.610. The molecule has 0 saturated heterocycles. The number of carbonyl (C=O) groups is 1. The Morgan fingerprint density at radius 3 is 2.38 bits per heavy atom. The van der Waals surface area contributed by atoms with Gasteiger partial charge in [0.1, 0.15) is 0 Å². The fourth-order valence-corrected chi connectivity index (χ4v) is 1.87. The monoisotopic (exact) mass is 228 g/mol. The molecule has 0 heterocycles. The molecule has 2 aromatic carbocycles. The summed E-state index contributed by atoms with van der Waals surface area (Å²) >= 11 is 4.41. The third-order valence-corrected chi connectivity index (χ3v) is 2.88. The number of carbonyl (C=O) groups excluding carboxylic acids is 1. The van der Waals surface area contributed by atoms with Crippen LogP contribution in [0.5, 0.6) is 0 Å². The van der Waals surface area contributed by atoms with Crippen molar-refractivity contribution in [3.05, 3.63) is 54.1 Å². The molecule has 0 aliphatic heterocycles. The van der Waals surface area contributed by atoms with E-state index in [2.05, 4.69) is 12.6 Å². The summed E-state index contributed by atoms with van der Waals surface area (Å²) in [7, 11) is 0. The molecule has 0 amide bonds. The lowest BCUT2D eigenvalue weighted by Gasteiger charge is -2.06. The highest BCUT2D eigenvalue weighted by molar-refractivity contribution is 7.80. The lowest BCUT2D eigenvalue weighted by atomic mass is 10.0. The summed E-state index contributed by atoms with van der Waals surface area (Å²) in [6.45, 7) is 1.57. The summed E-state index contributed by atoms with van der Waals surface area (Å²) in [4.78, 5) is 12.2. The molecular formula is C14H12OS. The van der Waals surface area contributed by atoms with E-state index in [0.717, 1.165) is 21.6 Å². The van der Waals surface area contributed by atoms with Crippen molar-refractivity contribution < 1.29 is 4.79 Å². The zero-order chi connectivity index (χ0) is 11.5. The van der Waals surface area contributed by atoms with Gasteiger partial charge in [0.25, 0.3) is 0 Å². The second kappa shape index (κ2) is 4.54. The molecule has 2 rings (SSSR count). The second-order valence-corrected chi connectivity index (χ2v) is 4.14. The van der Waals surface area contributed by atoms with Crippen molar-refractivity contribution >= 4 is 18.4 Å². The summed E-state index contributed by atoms with van der Waals surface area (Å²) in [6.07, 6.45) is 0. The lowest BCUT2D eigenvalue weighted by Crippen LogP contribution is -1.92. The number of rotatable bonds is 2. The molecule has 0 radical (unpaired) electrons. The van der Waals surface area contributed by atoms with Gasteiger partial charge in [0.2, 0.25) is 0 Å². The molecule has 0 bridgehead atoms. The van der Waals surface area contributed by atoms with Crippen LogP contribution in [0.3, 0.4) is 0 Å². The van der Waals surface area contributed by atoms with E-state index >= 15 is 0 Å². The first-order valence-corrected chi connectivity index (χ1v) is 5.52. The SMILES string of the molecule is CC(=O)c1ccc(S)c(-c2ccccc2)c1. The predicted octanol–water partition coefficient (Wildman–Crippen LogP) is 3.84. The smallest absolute Gasteiger partial charge is 0.159 e. The van der Waals surface area contributed by atoms with E-state index < -0.39 is 0 Å². The lowest BCUT2D eigenvalue weighted by molar-refractivity contribution is 0.101. The number of ketones is 1. The van der Waals surface area contributed by atoms with Gasteiger partial charge in [0, 0.05) is 10.5 Å². The van der Waals surface area contributed by atoms with Gasteiger partial charge in [-0.2, -0.15) is 0 Å². The highest BCUT2D eigenvalue weighted by Crippen LogP contribution is 2.27. The van der Waals surface area contributed by atoms with Gasteiger partial charge in [-0.1, -0.05) is 36.4 Å². The van der Waals surface area contributed by atoms with E-state index in [-0.39, 0.29) is 5.78 Å². The Kier molecular flexibility index (Phi) is 3.11. The van der Waals surface area contributed by atoms with Crippen molar-refractivity contribution in [1.82, 2.24) is 0 Å². The maximum absolute atomic E-state index is 11.3. The zero-order valence-electron chi connectivity index (χ0n) is 8.97. The third kappa shape index (κ3) is 2.17. The molecule has 2 aromatic rings. The van der Waals surface area contributed by atoms with Gasteiger partial charge in [-0.25, -0.2) is 0 Å². The first-order chi connectivity index (χ1) is 7.68. The van der Waals surface area contributed by atoms with E-state index in [9.17, 15) is 4.79 Å². The highest BCUT2D eigenvalue weighted by Gasteiger charge is 2.05. The van der Waals surface area contributed by atoms with Crippen molar-refractivity contribution in [1.29, 1.82) is 0 Å². The van der Waals surface area contributed by atoms with Crippen LogP contribution in [0.25, 0.3) is 11.1 Å². The van der Waals surface area contributed by atoms with E-state index in [1.807, 2.05) is 42.5 Å². The Morgan fingerprint density at radius 2 is 1.75 bits per heavy atom. The molecule has 0 spiro atoms. The maximum atomic E-state index is 11.3. The van der Waals surface area contributed by atoms with E-state index in [4.69, 9.17) is 0 Å². The molecule has 0 atom stereocenters. The minimum atomic E-state index is 0.0746. The van der Waals surface area contributed by atoms with Crippen LogP contribution in [0.1, 0.15) is 17.3 Å². The molecule has 0 saturated carbocycles. The number of hydrogen-bond acceptors (Lipinski definition) is 2. The summed E-state index contributed by atoms with van der Waals surface area (Å²) < 4.78 is 0. The van der Waals surface area contributed by atoms with Crippen LogP contribution < -0.4 is 0 Å². The van der Waals surface area contributed by atoms with Gasteiger partial charge in [-0.15, -0.1) is 12.6 Å². The van der Waals surface area contributed by atoms with Crippen LogP contribution in [0.4, 0.5) is 0 Å². The van der Waals surface area contributed by atoms with Crippen LogP contribution in [0.2, 0.25) is 0 Å². The summed E-state index contributed by atoms with van der Waals surface area (Å²) in [5.74, 6) is 0.0746. The normalized spacial score (nSPS) is 10.1. The Balaban J connectivity index is 2.56. The molecule has 0 aromatic heterocycles. The minimum Gasteiger partial charge on any atom is -0.295 e. The Bertz CT molecular complexity index is 518. The number of hydrogen-bond donors (Lipinski definition) is 1. The van der Waals surface area contributed by atoms with Crippen molar-refractivity contribution in [2.45, 2.75) is 11.8 Å². The highest BCUT2D eigenvalue weighted by atomic mass is 32.1. The third-order valence-electron chi connectivity index (χ3n) is 2.49. The molecular weight excluding hydrogens is 216 g/mol. The number of thiol groups is 1.